The first kappa shape index (κ1) is 28.1. The summed E-state index contributed by atoms with van der Waals surface area (Å²) in [5, 5.41) is 6.50. The van der Waals surface area contributed by atoms with Gasteiger partial charge in [0.05, 0.1) is 22.8 Å². The molecule has 0 unspecified atom stereocenters. The number of aromatic nitrogens is 2. The Hall–Kier alpha value is -2.18. The third kappa shape index (κ3) is 7.41. The van der Waals surface area contributed by atoms with Crippen LogP contribution in [0.3, 0.4) is 0 Å². The number of amides is 1. The Balaban J connectivity index is 0.00000408. The molecule has 3 rings (SSSR count). The molecule has 0 atom stereocenters. The van der Waals surface area contributed by atoms with E-state index in [1.54, 1.807) is 18.2 Å². The van der Waals surface area contributed by atoms with Crippen LogP contribution < -0.4 is 15.4 Å². The topological polar surface area (TPSA) is 79.4 Å². The quantitative estimate of drug-likeness (QED) is 0.166. The number of rotatable bonds is 11. The van der Waals surface area contributed by atoms with Gasteiger partial charge in [0, 0.05) is 17.1 Å². The van der Waals surface area contributed by atoms with Gasteiger partial charge in [-0.1, -0.05) is 18.2 Å². The number of hydrogen-bond donors (Lipinski definition) is 2. The second kappa shape index (κ2) is 13.6. The number of ether oxygens (including phenoxy) is 1. The molecule has 0 aliphatic heterocycles. The molecule has 10 heteroatoms. The molecule has 0 fully saturated rings. The minimum Gasteiger partial charge on any atom is -0.491 e. The SMILES string of the molecule is C=CC(=O)Nc1cc2c(Nc3ccc(F)c(Cl)c3)ncnc2cc1OCCCN(C[CH2-])C[CH2-].[U+2]. The van der Waals surface area contributed by atoms with Crippen molar-refractivity contribution in [3.8, 4) is 5.75 Å². The normalized spacial score (nSPS) is 10.6. The minimum absolute atomic E-state index is 0. The maximum atomic E-state index is 13.5. The van der Waals surface area contributed by atoms with Gasteiger partial charge < -0.3 is 34.1 Å². The van der Waals surface area contributed by atoms with Crippen LogP contribution in [0.2, 0.25) is 5.02 Å². The molecule has 0 saturated carbocycles. The van der Waals surface area contributed by atoms with Crippen LogP contribution in [0.25, 0.3) is 10.9 Å². The molecule has 1 amide bonds. The summed E-state index contributed by atoms with van der Waals surface area (Å²) in [4.78, 5) is 22.7. The average molecular weight is 708 g/mol. The van der Waals surface area contributed by atoms with Gasteiger partial charge in [-0.3, -0.25) is 4.79 Å². The molecule has 0 aliphatic carbocycles. The van der Waals surface area contributed by atoms with E-state index >= 15 is 0 Å². The number of anilines is 3. The number of nitrogens with zero attached hydrogens (tertiary/aromatic N) is 3. The second-order valence-electron chi connectivity index (χ2n) is 7.08. The number of halogens is 2. The number of fused-ring (bicyclic) bond motifs is 1. The van der Waals surface area contributed by atoms with Crippen LogP contribution in [0.4, 0.5) is 21.6 Å². The largest absolute Gasteiger partial charge is 2.00 e. The number of carbonyl (C=O) groups is 1. The van der Waals surface area contributed by atoms with E-state index in [-0.39, 0.29) is 42.0 Å². The zero-order valence-corrected chi connectivity index (χ0v) is 23.5. The van der Waals surface area contributed by atoms with Crippen molar-refractivity contribution >= 4 is 45.6 Å². The van der Waals surface area contributed by atoms with E-state index in [1.807, 2.05) is 0 Å². The van der Waals surface area contributed by atoms with Crippen molar-refractivity contribution in [1.82, 2.24) is 14.9 Å². The fourth-order valence-electron chi connectivity index (χ4n) is 3.10. The fourth-order valence-corrected chi connectivity index (χ4v) is 3.28. The van der Waals surface area contributed by atoms with E-state index in [0.29, 0.717) is 53.5 Å². The summed E-state index contributed by atoms with van der Waals surface area (Å²) in [5.74, 6) is 0.0449. The van der Waals surface area contributed by atoms with Crippen molar-refractivity contribution in [2.24, 2.45) is 0 Å². The molecular formula is C24H25ClFN5O2U. The van der Waals surface area contributed by atoms with Crippen LogP contribution in [0.1, 0.15) is 6.42 Å². The third-order valence-corrected chi connectivity index (χ3v) is 5.16. The zero-order chi connectivity index (χ0) is 23.8. The molecular weight excluding hydrogens is 683 g/mol. The molecule has 2 N–H and O–H groups in total. The van der Waals surface area contributed by atoms with Crippen LogP contribution in [-0.2, 0) is 4.79 Å². The van der Waals surface area contributed by atoms with Crippen molar-refractivity contribution in [1.29, 1.82) is 0 Å². The smallest absolute Gasteiger partial charge is 0.491 e. The van der Waals surface area contributed by atoms with Gasteiger partial charge in [0.2, 0.25) is 5.91 Å². The predicted molar refractivity (Wildman–Crippen MR) is 130 cm³/mol. The molecule has 0 bridgehead atoms. The van der Waals surface area contributed by atoms with Crippen molar-refractivity contribution in [2.75, 3.05) is 36.9 Å². The summed E-state index contributed by atoms with van der Waals surface area (Å²) in [7, 11) is 0. The summed E-state index contributed by atoms with van der Waals surface area (Å²) >= 11 is 5.88. The van der Waals surface area contributed by atoms with E-state index < -0.39 is 5.82 Å². The van der Waals surface area contributed by atoms with Crippen molar-refractivity contribution in [3.63, 3.8) is 0 Å². The van der Waals surface area contributed by atoms with Gasteiger partial charge in [-0.2, -0.15) is 0 Å². The summed E-state index contributed by atoms with van der Waals surface area (Å²) in [6.45, 7) is 13.8. The third-order valence-electron chi connectivity index (χ3n) is 4.87. The molecule has 0 radical (unpaired) electrons. The molecule has 0 saturated heterocycles. The summed E-state index contributed by atoms with van der Waals surface area (Å²) in [6.07, 6.45) is 3.34. The van der Waals surface area contributed by atoms with E-state index in [4.69, 9.17) is 16.3 Å². The molecule has 3 aromatic rings. The van der Waals surface area contributed by atoms with Crippen LogP contribution in [0.15, 0.2) is 49.3 Å². The van der Waals surface area contributed by atoms with E-state index in [0.717, 1.165) is 13.0 Å². The zero-order valence-electron chi connectivity index (χ0n) is 18.6. The van der Waals surface area contributed by atoms with Crippen molar-refractivity contribution < 1.29 is 45.0 Å². The van der Waals surface area contributed by atoms with Crippen LogP contribution in [-0.4, -0.2) is 47.0 Å². The Labute approximate surface area is 227 Å². The predicted octanol–water partition coefficient (Wildman–Crippen LogP) is 5.03. The average Bonchev–Trinajstić information content (AvgIpc) is 2.82. The summed E-state index contributed by atoms with van der Waals surface area (Å²) in [5.41, 5.74) is 1.61. The minimum atomic E-state index is -0.514. The van der Waals surface area contributed by atoms with Crippen LogP contribution >= 0.6 is 11.6 Å². The molecule has 0 aliphatic rings. The van der Waals surface area contributed by atoms with Crippen molar-refractivity contribution in [2.45, 2.75) is 6.42 Å². The van der Waals surface area contributed by atoms with Gasteiger partial charge in [0.25, 0.3) is 0 Å². The number of carbonyl (C=O) groups excluding carboxylic acids is 1. The van der Waals surface area contributed by atoms with Crippen LogP contribution in [0, 0.1) is 50.8 Å². The molecule has 2 aromatic carbocycles. The van der Waals surface area contributed by atoms with Gasteiger partial charge in [0.15, 0.2) is 0 Å². The summed E-state index contributed by atoms with van der Waals surface area (Å²) < 4.78 is 19.5. The summed E-state index contributed by atoms with van der Waals surface area (Å²) in [6, 6.07) is 7.73. The Kier molecular flexibility index (Phi) is 11.3. The molecule has 0 spiro atoms. The monoisotopic (exact) mass is 707 g/mol. The number of hydrogen-bond acceptors (Lipinski definition) is 6. The maximum absolute atomic E-state index is 13.5. The van der Waals surface area contributed by atoms with Gasteiger partial charge in [0.1, 0.15) is 23.7 Å². The first-order valence-electron chi connectivity index (χ1n) is 10.3. The standard InChI is InChI=1S/C24H25ClFN5O2.U/c1-4-23(32)30-21-13-17-20(14-22(21)33-11-7-10-31(5-2)6-3)27-15-28-24(17)29-16-8-9-19(26)18(25)12-16;/h4,8-9,12-15H,1-3,5-7,10-11H2,(H,30,32)(H,27,28,29);/q-2;+2. The Morgan fingerprint density at radius 2 is 2.00 bits per heavy atom. The first-order chi connectivity index (χ1) is 15.9. The van der Waals surface area contributed by atoms with Gasteiger partial charge in [-0.25, -0.2) is 14.4 Å². The maximum Gasteiger partial charge on any atom is 2.00 e. The molecule has 1 aromatic heterocycles. The first-order valence-corrected chi connectivity index (χ1v) is 10.7. The van der Waals surface area contributed by atoms with Gasteiger partial charge >= 0.3 is 31.1 Å². The van der Waals surface area contributed by atoms with Crippen molar-refractivity contribution in [3.05, 3.63) is 74.0 Å². The van der Waals surface area contributed by atoms with E-state index in [2.05, 4.69) is 45.9 Å². The Morgan fingerprint density at radius 1 is 1.24 bits per heavy atom. The van der Waals surface area contributed by atoms with E-state index in [1.165, 1.54) is 24.5 Å². The number of benzene rings is 2. The fraction of sp³-hybridized carbons (Fsp3) is 0.208. The molecule has 34 heavy (non-hydrogen) atoms. The second-order valence-corrected chi connectivity index (χ2v) is 7.49. The number of nitrogens with one attached hydrogen (secondary N) is 2. The van der Waals surface area contributed by atoms with Gasteiger partial charge in [-0.05, 0) is 43.3 Å². The van der Waals surface area contributed by atoms with Crippen LogP contribution in [0.5, 0.6) is 5.75 Å². The molecule has 176 valence electrons. The molecule has 7 nitrogen and oxygen atoms in total. The molecule has 1 heterocycles. The van der Waals surface area contributed by atoms with Gasteiger partial charge in [-0.15, -0.1) is 13.1 Å². The van der Waals surface area contributed by atoms with E-state index in [9.17, 15) is 9.18 Å². The Bertz CT molecular complexity index is 1140. The Morgan fingerprint density at radius 3 is 2.68 bits per heavy atom.